The molecule has 1 saturated heterocycles. The molecule has 1 aromatic heterocycles. The highest BCUT2D eigenvalue weighted by Gasteiger charge is 2.22. The van der Waals surface area contributed by atoms with E-state index in [9.17, 15) is 4.79 Å². The summed E-state index contributed by atoms with van der Waals surface area (Å²) in [7, 11) is 1.84. The molecule has 6 heteroatoms. The van der Waals surface area contributed by atoms with Gasteiger partial charge in [-0.3, -0.25) is 4.79 Å². The van der Waals surface area contributed by atoms with Crippen LogP contribution in [-0.2, 0) is 11.2 Å². The first kappa shape index (κ1) is 15.8. The summed E-state index contributed by atoms with van der Waals surface area (Å²) in [5.41, 5.74) is 3.37. The van der Waals surface area contributed by atoms with Gasteiger partial charge in [0.25, 0.3) is 0 Å². The molecule has 1 aliphatic rings. The highest BCUT2D eigenvalue weighted by Crippen LogP contribution is 2.19. The van der Waals surface area contributed by atoms with Crippen LogP contribution in [0.25, 0.3) is 0 Å². The lowest BCUT2D eigenvalue weighted by Crippen LogP contribution is -2.49. The second-order valence-electron chi connectivity index (χ2n) is 5.78. The number of hydrogen-bond donors (Lipinski definition) is 1. The molecule has 0 atom stereocenters. The third-order valence-corrected chi connectivity index (χ3v) is 5.01. The molecule has 0 saturated carbocycles. The zero-order valence-corrected chi connectivity index (χ0v) is 14.4. The van der Waals surface area contributed by atoms with Gasteiger partial charge in [0.2, 0.25) is 5.91 Å². The van der Waals surface area contributed by atoms with Crippen molar-refractivity contribution < 1.29 is 4.79 Å². The number of hydrogen-bond acceptors (Lipinski definition) is 5. The van der Waals surface area contributed by atoms with Crippen LogP contribution in [-0.4, -0.2) is 49.0 Å². The highest BCUT2D eigenvalue weighted by atomic mass is 32.1. The molecule has 23 heavy (non-hydrogen) atoms. The zero-order chi connectivity index (χ0) is 16.2. The number of carbonyl (C=O) groups excluding carboxylic acids is 1. The van der Waals surface area contributed by atoms with Gasteiger partial charge in [0, 0.05) is 44.3 Å². The second kappa shape index (κ2) is 7.00. The van der Waals surface area contributed by atoms with Crippen molar-refractivity contribution in [2.45, 2.75) is 13.3 Å². The Hall–Kier alpha value is -2.08. The third-order valence-electron chi connectivity index (χ3n) is 4.10. The smallest absolute Gasteiger partial charge is 0.228 e. The molecule has 2 aromatic rings. The summed E-state index contributed by atoms with van der Waals surface area (Å²) < 4.78 is 0. The Morgan fingerprint density at radius 1 is 1.30 bits per heavy atom. The molecule has 3 rings (SSSR count). The molecule has 2 heterocycles. The minimum Gasteiger partial charge on any atom is -0.368 e. The predicted octanol–water partition coefficient (Wildman–Crippen LogP) is 2.38. The monoisotopic (exact) mass is 330 g/mol. The van der Waals surface area contributed by atoms with Gasteiger partial charge in [-0.25, -0.2) is 4.98 Å². The molecule has 0 unspecified atom stereocenters. The molecule has 1 N–H and O–H groups in total. The highest BCUT2D eigenvalue weighted by molar-refractivity contribution is 7.13. The van der Waals surface area contributed by atoms with Crippen molar-refractivity contribution >= 4 is 28.1 Å². The van der Waals surface area contributed by atoms with Gasteiger partial charge in [-0.2, -0.15) is 0 Å². The van der Waals surface area contributed by atoms with Crippen LogP contribution in [0.5, 0.6) is 0 Å². The Morgan fingerprint density at radius 2 is 2.09 bits per heavy atom. The fraction of sp³-hybridized carbons (Fsp3) is 0.412. The SMILES string of the molecule is CNc1nc(CC(=O)N2CCN(c3cccc(C)c3)CC2)cs1. The standard InChI is InChI=1S/C17H22N4OS/c1-13-4-3-5-15(10-13)20-6-8-21(9-7-20)16(22)11-14-12-23-17(18-2)19-14/h3-5,10,12H,6-9,11H2,1-2H3,(H,18,19). The van der Waals surface area contributed by atoms with Gasteiger partial charge in [-0.1, -0.05) is 12.1 Å². The maximum absolute atomic E-state index is 12.4. The lowest BCUT2D eigenvalue weighted by atomic mass is 10.2. The molecule has 0 aliphatic carbocycles. The van der Waals surface area contributed by atoms with Crippen molar-refractivity contribution in [3.8, 4) is 0 Å². The fourth-order valence-corrected chi connectivity index (χ4v) is 3.48. The Labute approximate surface area is 140 Å². The zero-order valence-electron chi connectivity index (χ0n) is 13.6. The molecule has 122 valence electrons. The van der Waals surface area contributed by atoms with Crippen LogP contribution in [0, 0.1) is 6.92 Å². The van der Waals surface area contributed by atoms with Crippen LogP contribution in [0.4, 0.5) is 10.8 Å². The number of anilines is 2. The van der Waals surface area contributed by atoms with Crippen LogP contribution in [0.3, 0.4) is 0 Å². The van der Waals surface area contributed by atoms with E-state index < -0.39 is 0 Å². The molecular formula is C17H22N4OS. The molecule has 0 bridgehead atoms. The van der Waals surface area contributed by atoms with E-state index >= 15 is 0 Å². The van der Waals surface area contributed by atoms with Gasteiger partial charge < -0.3 is 15.1 Å². The van der Waals surface area contributed by atoms with E-state index in [1.807, 2.05) is 17.3 Å². The fourth-order valence-electron chi connectivity index (χ4n) is 2.81. The van der Waals surface area contributed by atoms with Gasteiger partial charge in [-0.15, -0.1) is 11.3 Å². The summed E-state index contributed by atoms with van der Waals surface area (Å²) in [6.45, 7) is 5.42. The predicted molar refractivity (Wildman–Crippen MR) is 95.3 cm³/mol. The topological polar surface area (TPSA) is 48.5 Å². The Kier molecular flexibility index (Phi) is 4.81. The Bertz CT molecular complexity index is 677. The largest absolute Gasteiger partial charge is 0.368 e. The molecular weight excluding hydrogens is 308 g/mol. The van der Waals surface area contributed by atoms with Crippen LogP contribution in [0.1, 0.15) is 11.3 Å². The number of benzene rings is 1. The summed E-state index contributed by atoms with van der Waals surface area (Å²) in [5, 5.41) is 5.81. The van der Waals surface area contributed by atoms with Gasteiger partial charge in [-0.05, 0) is 24.6 Å². The summed E-state index contributed by atoms with van der Waals surface area (Å²) in [6.07, 6.45) is 0.391. The van der Waals surface area contributed by atoms with E-state index in [0.717, 1.165) is 37.0 Å². The maximum atomic E-state index is 12.4. The summed E-state index contributed by atoms with van der Waals surface area (Å²) in [6, 6.07) is 8.53. The van der Waals surface area contributed by atoms with Gasteiger partial charge in [0.15, 0.2) is 5.13 Å². The van der Waals surface area contributed by atoms with E-state index in [1.165, 1.54) is 22.6 Å². The number of aromatic nitrogens is 1. The number of nitrogens with one attached hydrogen (secondary N) is 1. The van der Waals surface area contributed by atoms with Crippen molar-refractivity contribution in [2.24, 2.45) is 0 Å². The van der Waals surface area contributed by atoms with Crippen LogP contribution in [0.15, 0.2) is 29.6 Å². The maximum Gasteiger partial charge on any atom is 0.228 e. The van der Waals surface area contributed by atoms with Gasteiger partial charge >= 0.3 is 0 Å². The van der Waals surface area contributed by atoms with Crippen LogP contribution in [0.2, 0.25) is 0 Å². The van der Waals surface area contributed by atoms with Gasteiger partial charge in [0.1, 0.15) is 0 Å². The number of thiazole rings is 1. The number of rotatable bonds is 4. The third kappa shape index (κ3) is 3.82. The van der Waals surface area contributed by atoms with E-state index in [-0.39, 0.29) is 5.91 Å². The van der Waals surface area contributed by atoms with E-state index in [0.29, 0.717) is 6.42 Å². The van der Waals surface area contributed by atoms with Crippen molar-refractivity contribution in [3.63, 3.8) is 0 Å². The molecule has 1 aliphatic heterocycles. The second-order valence-corrected chi connectivity index (χ2v) is 6.64. The minimum absolute atomic E-state index is 0.168. The van der Waals surface area contributed by atoms with E-state index in [2.05, 4.69) is 46.4 Å². The molecule has 0 radical (unpaired) electrons. The van der Waals surface area contributed by atoms with E-state index in [4.69, 9.17) is 0 Å². The molecule has 1 fully saturated rings. The average molecular weight is 330 g/mol. The number of aryl methyl sites for hydroxylation is 1. The average Bonchev–Trinajstić information content (AvgIpc) is 3.02. The lowest BCUT2D eigenvalue weighted by molar-refractivity contribution is -0.130. The number of amides is 1. The molecule has 1 amide bonds. The van der Waals surface area contributed by atoms with Crippen LogP contribution >= 0.6 is 11.3 Å². The van der Waals surface area contributed by atoms with Crippen molar-refractivity contribution in [1.82, 2.24) is 9.88 Å². The summed E-state index contributed by atoms with van der Waals surface area (Å²) in [5.74, 6) is 0.168. The first-order valence-electron chi connectivity index (χ1n) is 7.87. The van der Waals surface area contributed by atoms with Crippen molar-refractivity contribution in [3.05, 3.63) is 40.9 Å². The Balaban J connectivity index is 1.55. The number of carbonyl (C=O) groups is 1. The van der Waals surface area contributed by atoms with Crippen molar-refractivity contribution in [1.29, 1.82) is 0 Å². The molecule has 0 spiro atoms. The molecule has 1 aromatic carbocycles. The first-order chi connectivity index (χ1) is 11.2. The van der Waals surface area contributed by atoms with Gasteiger partial charge in [0.05, 0.1) is 12.1 Å². The normalized spacial score (nSPS) is 14.9. The lowest BCUT2D eigenvalue weighted by Gasteiger charge is -2.36. The molecule has 5 nitrogen and oxygen atoms in total. The summed E-state index contributed by atoms with van der Waals surface area (Å²) in [4.78, 5) is 21.1. The first-order valence-corrected chi connectivity index (χ1v) is 8.75. The number of piperazine rings is 1. The summed E-state index contributed by atoms with van der Waals surface area (Å²) >= 11 is 1.54. The quantitative estimate of drug-likeness (QED) is 0.935. The Morgan fingerprint density at radius 3 is 2.74 bits per heavy atom. The minimum atomic E-state index is 0.168. The number of nitrogens with zero attached hydrogens (tertiary/aromatic N) is 3. The van der Waals surface area contributed by atoms with E-state index in [1.54, 1.807) is 0 Å². The van der Waals surface area contributed by atoms with Crippen LogP contribution < -0.4 is 10.2 Å². The van der Waals surface area contributed by atoms with Crippen molar-refractivity contribution in [2.75, 3.05) is 43.4 Å².